The van der Waals surface area contributed by atoms with Crippen molar-refractivity contribution in [3.05, 3.63) is 40.5 Å². The van der Waals surface area contributed by atoms with Crippen LogP contribution in [0.3, 0.4) is 0 Å². The highest BCUT2D eigenvalue weighted by Crippen LogP contribution is 2.58. The molecule has 0 aromatic heterocycles. The standard InChI is InChI=1S/C21H29NO2/c1-13(2)20-19(23)8-7-16-18-11-14-5-6-15(24-4)12-17(14)21(16,20)9-10-22(18)3/h5-6,12,16,18-19,23H,7-11H2,1-4H3/t16-,18+,19+,21-/m0/s1. The van der Waals surface area contributed by atoms with E-state index in [1.165, 1.54) is 22.3 Å². The van der Waals surface area contributed by atoms with Gasteiger partial charge in [0.2, 0.25) is 0 Å². The van der Waals surface area contributed by atoms with Gasteiger partial charge in [0.05, 0.1) is 13.2 Å². The minimum absolute atomic E-state index is 0.00417. The van der Waals surface area contributed by atoms with E-state index in [9.17, 15) is 5.11 Å². The number of hydrogen-bond donors (Lipinski definition) is 1. The Kier molecular flexibility index (Phi) is 3.77. The van der Waals surface area contributed by atoms with Crippen molar-refractivity contribution in [2.75, 3.05) is 20.7 Å². The second kappa shape index (κ2) is 5.60. The Morgan fingerprint density at radius 2 is 2.08 bits per heavy atom. The van der Waals surface area contributed by atoms with Crippen molar-refractivity contribution in [1.29, 1.82) is 0 Å². The molecule has 4 atom stereocenters. The summed E-state index contributed by atoms with van der Waals surface area (Å²) in [5.74, 6) is 1.54. The van der Waals surface area contributed by atoms with Gasteiger partial charge in [-0.05, 0) is 87.9 Å². The maximum Gasteiger partial charge on any atom is 0.119 e. The Labute approximate surface area is 145 Å². The van der Waals surface area contributed by atoms with E-state index < -0.39 is 0 Å². The Morgan fingerprint density at radius 1 is 1.29 bits per heavy atom. The summed E-state index contributed by atoms with van der Waals surface area (Å²) in [5.41, 5.74) is 5.45. The van der Waals surface area contributed by atoms with Gasteiger partial charge in [-0.15, -0.1) is 0 Å². The molecule has 1 heterocycles. The van der Waals surface area contributed by atoms with Crippen LogP contribution in [-0.4, -0.2) is 42.9 Å². The molecule has 4 rings (SSSR count). The molecule has 1 aromatic rings. The van der Waals surface area contributed by atoms with Crippen molar-refractivity contribution in [2.45, 2.75) is 57.1 Å². The zero-order chi connectivity index (χ0) is 17.1. The molecule has 0 unspecified atom stereocenters. The largest absolute Gasteiger partial charge is 0.497 e. The van der Waals surface area contributed by atoms with Gasteiger partial charge in [-0.25, -0.2) is 0 Å². The number of rotatable bonds is 1. The highest BCUT2D eigenvalue weighted by Gasteiger charge is 2.57. The predicted octanol–water partition coefficient (Wildman–Crippen LogP) is 3.30. The third kappa shape index (κ3) is 2.04. The van der Waals surface area contributed by atoms with Gasteiger partial charge in [0.25, 0.3) is 0 Å². The van der Waals surface area contributed by atoms with Gasteiger partial charge in [-0.2, -0.15) is 0 Å². The second-order valence-corrected chi connectivity index (χ2v) is 8.11. The minimum Gasteiger partial charge on any atom is -0.497 e. The van der Waals surface area contributed by atoms with E-state index in [0.717, 1.165) is 38.0 Å². The van der Waals surface area contributed by atoms with E-state index in [1.807, 2.05) is 0 Å². The molecular weight excluding hydrogens is 298 g/mol. The summed E-state index contributed by atoms with van der Waals surface area (Å²) in [4.78, 5) is 2.55. The first-order valence-electron chi connectivity index (χ1n) is 9.22. The fourth-order valence-corrected chi connectivity index (χ4v) is 5.95. The van der Waals surface area contributed by atoms with E-state index in [-0.39, 0.29) is 11.5 Å². The smallest absolute Gasteiger partial charge is 0.119 e. The molecule has 0 spiro atoms. The number of piperidine rings is 1. The van der Waals surface area contributed by atoms with Crippen LogP contribution in [0.5, 0.6) is 5.75 Å². The normalized spacial score (nSPS) is 35.2. The first-order valence-corrected chi connectivity index (χ1v) is 9.22. The molecule has 0 amide bonds. The SMILES string of the molecule is COc1ccc2c(c1)[C@]13CCN(C)[C@H](C2)[C@@H]1CC[C@@H](O)C3=C(C)C. The molecular formula is C21H29NO2. The van der Waals surface area contributed by atoms with Crippen molar-refractivity contribution in [2.24, 2.45) is 5.92 Å². The van der Waals surface area contributed by atoms with Crippen LogP contribution < -0.4 is 4.74 Å². The molecule has 24 heavy (non-hydrogen) atoms. The predicted molar refractivity (Wildman–Crippen MR) is 96.5 cm³/mol. The summed E-state index contributed by atoms with van der Waals surface area (Å²) in [6.07, 6.45) is 3.93. The lowest BCUT2D eigenvalue weighted by molar-refractivity contribution is 0.000318. The summed E-state index contributed by atoms with van der Waals surface area (Å²) < 4.78 is 5.55. The number of likely N-dealkylation sites (N-methyl/N-ethyl adjacent to an activating group) is 1. The molecule has 2 aliphatic carbocycles. The molecule has 1 aromatic carbocycles. The zero-order valence-corrected chi connectivity index (χ0v) is 15.3. The number of methoxy groups -OCH3 is 1. The lowest BCUT2D eigenvalue weighted by Crippen LogP contribution is -2.62. The summed E-state index contributed by atoms with van der Waals surface area (Å²) in [7, 11) is 4.02. The van der Waals surface area contributed by atoms with Crippen LogP contribution in [0.15, 0.2) is 29.3 Å². The van der Waals surface area contributed by atoms with Gasteiger partial charge in [-0.3, -0.25) is 0 Å². The van der Waals surface area contributed by atoms with Gasteiger partial charge < -0.3 is 14.7 Å². The number of ether oxygens (including phenoxy) is 1. The Bertz CT molecular complexity index is 691. The average molecular weight is 327 g/mol. The second-order valence-electron chi connectivity index (χ2n) is 8.11. The fraction of sp³-hybridized carbons (Fsp3) is 0.619. The minimum atomic E-state index is -0.299. The number of hydrogen-bond acceptors (Lipinski definition) is 3. The van der Waals surface area contributed by atoms with Crippen LogP contribution in [-0.2, 0) is 11.8 Å². The number of aliphatic hydroxyl groups excluding tert-OH is 1. The molecule has 1 saturated carbocycles. The third-order valence-corrected chi connectivity index (χ3v) is 6.85. The lowest BCUT2D eigenvalue weighted by atomic mass is 9.49. The van der Waals surface area contributed by atoms with E-state index in [2.05, 4.69) is 44.0 Å². The molecule has 1 aliphatic heterocycles. The molecule has 2 fully saturated rings. The average Bonchev–Trinajstić information content (AvgIpc) is 2.57. The Hall–Kier alpha value is -1.32. The van der Waals surface area contributed by atoms with E-state index >= 15 is 0 Å². The molecule has 2 bridgehead atoms. The summed E-state index contributed by atoms with van der Waals surface area (Å²) in [6.45, 7) is 5.45. The number of nitrogens with zero attached hydrogens (tertiary/aromatic N) is 1. The Morgan fingerprint density at radius 3 is 2.79 bits per heavy atom. The van der Waals surface area contributed by atoms with E-state index in [4.69, 9.17) is 4.74 Å². The van der Waals surface area contributed by atoms with Crippen LogP contribution in [0.4, 0.5) is 0 Å². The number of fused-ring (bicyclic) bond motifs is 1. The quantitative estimate of drug-likeness (QED) is 0.803. The summed E-state index contributed by atoms with van der Waals surface area (Å²) >= 11 is 0. The van der Waals surface area contributed by atoms with Crippen LogP contribution in [0.25, 0.3) is 0 Å². The monoisotopic (exact) mass is 327 g/mol. The van der Waals surface area contributed by atoms with Crippen molar-refractivity contribution in [3.63, 3.8) is 0 Å². The molecule has 3 aliphatic rings. The van der Waals surface area contributed by atoms with Crippen molar-refractivity contribution in [1.82, 2.24) is 4.90 Å². The molecule has 3 nitrogen and oxygen atoms in total. The Balaban J connectivity index is 2.00. The topological polar surface area (TPSA) is 32.7 Å². The van der Waals surface area contributed by atoms with Crippen LogP contribution in [0.1, 0.15) is 44.2 Å². The maximum absolute atomic E-state index is 10.9. The van der Waals surface area contributed by atoms with Gasteiger partial charge in [0.1, 0.15) is 5.75 Å². The maximum atomic E-state index is 10.9. The molecule has 1 saturated heterocycles. The lowest BCUT2D eigenvalue weighted by Gasteiger charge is -2.60. The number of benzene rings is 1. The summed E-state index contributed by atoms with van der Waals surface area (Å²) in [5, 5.41) is 10.9. The zero-order valence-electron chi connectivity index (χ0n) is 15.3. The summed E-state index contributed by atoms with van der Waals surface area (Å²) in [6, 6.07) is 7.18. The van der Waals surface area contributed by atoms with Gasteiger partial charge in [0.15, 0.2) is 0 Å². The van der Waals surface area contributed by atoms with Crippen LogP contribution >= 0.6 is 0 Å². The molecule has 1 N–H and O–H groups in total. The third-order valence-electron chi connectivity index (χ3n) is 6.85. The molecule has 130 valence electrons. The number of aliphatic hydroxyl groups is 1. The number of allylic oxidation sites excluding steroid dienone is 1. The van der Waals surface area contributed by atoms with Crippen molar-refractivity contribution < 1.29 is 9.84 Å². The van der Waals surface area contributed by atoms with Crippen LogP contribution in [0.2, 0.25) is 0 Å². The highest BCUT2D eigenvalue weighted by atomic mass is 16.5. The van der Waals surface area contributed by atoms with Crippen LogP contribution in [0, 0.1) is 5.92 Å². The van der Waals surface area contributed by atoms with Gasteiger partial charge in [0, 0.05) is 11.5 Å². The fourth-order valence-electron chi connectivity index (χ4n) is 5.95. The van der Waals surface area contributed by atoms with Crippen molar-refractivity contribution in [3.8, 4) is 5.75 Å². The van der Waals surface area contributed by atoms with E-state index in [1.54, 1.807) is 7.11 Å². The molecule has 3 heteroatoms. The first kappa shape index (κ1) is 16.2. The number of likely N-dealkylation sites (tertiary alicyclic amines) is 1. The van der Waals surface area contributed by atoms with Gasteiger partial charge >= 0.3 is 0 Å². The van der Waals surface area contributed by atoms with Gasteiger partial charge in [-0.1, -0.05) is 11.6 Å². The molecule has 0 radical (unpaired) electrons. The van der Waals surface area contributed by atoms with E-state index in [0.29, 0.717) is 12.0 Å². The highest BCUT2D eigenvalue weighted by molar-refractivity contribution is 5.53. The first-order chi connectivity index (χ1) is 11.5. The van der Waals surface area contributed by atoms with Crippen molar-refractivity contribution >= 4 is 0 Å².